The van der Waals surface area contributed by atoms with Gasteiger partial charge in [-0.2, -0.15) is 4.31 Å². The summed E-state index contributed by atoms with van der Waals surface area (Å²) in [6.07, 6.45) is 0.554. The van der Waals surface area contributed by atoms with E-state index in [0.29, 0.717) is 5.75 Å². The van der Waals surface area contributed by atoms with Crippen molar-refractivity contribution in [3.8, 4) is 5.75 Å². The minimum Gasteiger partial charge on any atom is -0.497 e. The molecule has 3 rings (SSSR count). The van der Waals surface area contributed by atoms with E-state index in [2.05, 4.69) is 0 Å². The van der Waals surface area contributed by atoms with Gasteiger partial charge in [0.05, 0.1) is 22.2 Å². The topological polar surface area (TPSA) is 80.8 Å². The number of methoxy groups -OCH3 is 1. The molecular weight excluding hydrogens is 386 g/mol. The molecule has 0 saturated carbocycles. The Kier molecular flexibility index (Phi) is 5.60. The van der Waals surface area contributed by atoms with E-state index in [1.807, 2.05) is 6.92 Å². The van der Waals surface area contributed by atoms with E-state index < -0.39 is 25.1 Å². The molecule has 1 heterocycles. The molecule has 146 valence electrons. The van der Waals surface area contributed by atoms with Crippen molar-refractivity contribution in [3.05, 3.63) is 54.1 Å². The summed E-state index contributed by atoms with van der Waals surface area (Å²) < 4.78 is 57.6. The summed E-state index contributed by atoms with van der Waals surface area (Å²) in [5, 5.41) is -0.588. The highest BCUT2D eigenvalue weighted by molar-refractivity contribution is 7.92. The number of piperidine rings is 1. The van der Waals surface area contributed by atoms with Crippen LogP contribution >= 0.6 is 0 Å². The lowest BCUT2D eigenvalue weighted by Gasteiger charge is -2.31. The molecule has 27 heavy (non-hydrogen) atoms. The predicted molar refractivity (Wildman–Crippen MR) is 103 cm³/mol. The molecule has 0 bridgehead atoms. The Morgan fingerprint density at radius 2 is 1.37 bits per heavy atom. The molecule has 8 heteroatoms. The molecule has 1 fully saturated rings. The summed E-state index contributed by atoms with van der Waals surface area (Å²) >= 11 is 0. The Morgan fingerprint density at radius 3 is 1.89 bits per heavy atom. The van der Waals surface area contributed by atoms with Crippen molar-refractivity contribution >= 4 is 19.9 Å². The summed E-state index contributed by atoms with van der Waals surface area (Å²) in [5.74, 6) is 0.591. The van der Waals surface area contributed by atoms with E-state index >= 15 is 0 Å². The highest BCUT2D eigenvalue weighted by atomic mass is 32.2. The smallest absolute Gasteiger partial charge is 0.243 e. The van der Waals surface area contributed by atoms with Crippen molar-refractivity contribution < 1.29 is 21.6 Å². The van der Waals surface area contributed by atoms with Crippen molar-refractivity contribution in [2.24, 2.45) is 0 Å². The molecule has 1 aliphatic rings. The van der Waals surface area contributed by atoms with Crippen LogP contribution in [0.1, 0.15) is 18.4 Å². The number of aryl methyl sites for hydroxylation is 1. The maximum Gasteiger partial charge on any atom is 0.243 e. The van der Waals surface area contributed by atoms with Gasteiger partial charge in [-0.25, -0.2) is 16.8 Å². The van der Waals surface area contributed by atoms with E-state index in [9.17, 15) is 16.8 Å². The van der Waals surface area contributed by atoms with Crippen LogP contribution in [0.4, 0.5) is 0 Å². The molecule has 1 saturated heterocycles. The maximum atomic E-state index is 12.8. The summed E-state index contributed by atoms with van der Waals surface area (Å²) in [4.78, 5) is 0.479. The average Bonchev–Trinajstić information content (AvgIpc) is 2.68. The van der Waals surface area contributed by atoms with Gasteiger partial charge in [-0.15, -0.1) is 0 Å². The van der Waals surface area contributed by atoms with Gasteiger partial charge < -0.3 is 4.74 Å². The Morgan fingerprint density at radius 1 is 0.852 bits per heavy atom. The van der Waals surface area contributed by atoms with Gasteiger partial charge in [0, 0.05) is 13.1 Å². The van der Waals surface area contributed by atoms with Crippen LogP contribution in [-0.4, -0.2) is 46.6 Å². The van der Waals surface area contributed by atoms with Crippen molar-refractivity contribution in [3.63, 3.8) is 0 Å². The molecule has 0 aromatic heterocycles. The van der Waals surface area contributed by atoms with Crippen LogP contribution in [0.5, 0.6) is 5.75 Å². The zero-order valence-corrected chi connectivity index (χ0v) is 17.0. The monoisotopic (exact) mass is 409 g/mol. The number of sulfonamides is 1. The zero-order chi connectivity index (χ0) is 19.7. The molecule has 0 radical (unpaired) electrons. The third-order valence-electron chi connectivity index (χ3n) is 4.89. The molecule has 1 aliphatic heterocycles. The van der Waals surface area contributed by atoms with Gasteiger partial charge in [0.25, 0.3) is 0 Å². The molecule has 0 atom stereocenters. The van der Waals surface area contributed by atoms with Crippen LogP contribution < -0.4 is 4.74 Å². The Balaban J connectivity index is 1.73. The third kappa shape index (κ3) is 4.02. The third-order valence-corrected chi connectivity index (χ3v) is 9.08. The second-order valence-electron chi connectivity index (χ2n) is 6.64. The van der Waals surface area contributed by atoms with E-state index in [4.69, 9.17) is 4.74 Å². The van der Waals surface area contributed by atoms with Gasteiger partial charge in [-0.05, 0) is 56.2 Å². The molecule has 2 aromatic carbocycles. The second-order valence-corrected chi connectivity index (χ2v) is 10.8. The van der Waals surface area contributed by atoms with Crippen molar-refractivity contribution in [1.82, 2.24) is 4.31 Å². The number of sulfone groups is 1. The molecule has 0 unspecified atom stereocenters. The summed E-state index contributed by atoms with van der Waals surface area (Å²) in [6, 6.07) is 13.0. The largest absolute Gasteiger partial charge is 0.497 e. The average molecular weight is 410 g/mol. The molecule has 0 N–H and O–H groups in total. The Hall–Kier alpha value is -1.90. The predicted octanol–water partition coefficient (Wildman–Crippen LogP) is 2.63. The number of hydrogen-bond donors (Lipinski definition) is 0. The Labute approximate surface area is 160 Å². The van der Waals surface area contributed by atoms with Gasteiger partial charge in [-0.1, -0.05) is 17.7 Å². The number of ether oxygens (including phenoxy) is 1. The first-order chi connectivity index (χ1) is 12.7. The summed E-state index contributed by atoms with van der Waals surface area (Å²) in [7, 11) is -5.58. The molecule has 0 amide bonds. The fourth-order valence-electron chi connectivity index (χ4n) is 3.20. The van der Waals surface area contributed by atoms with E-state index in [1.165, 1.54) is 23.5 Å². The standard InChI is InChI=1S/C19H23NO5S2/c1-15-3-7-19(8-4-15)27(23,24)20-13-11-18(12-14-20)26(21,22)17-9-5-16(25-2)6-10-17/h3-10,18H,11-14H2,1-2H3. The van der Waals surface area contributed by atoms with Crippen LogP contribution in [0.15, 0.2) is 58.3 Å². The minimum atomic E-state index is -3.60. The summed E-state index contributed by atoms with van der Waals surface area (Å²) in [5.41, 5.74) is 0.984. The first kappa shape index (κ1) is 19.9. The molecule has 6 nitrogen and oxygen atoms in total. The van der Waals surface area contributed by atoms with Crippen molar-refractivity contribution in [2.45, 2.75) is 34.8 Å². The zero-order valence-electron chi connectivity index (χ0n) is 15.3. The number of nitrogens with zero attached hydrogens (tertiary/aromatic N) is 1. The van der Waals surface area contributed by atoms with E-state index in [0.717, 1.165) is 5.56 Å². The summed E-state index contributed by atoms with van der Waals surface area (Å²) in [6.45, 7) is 2.28. The normalized spacial score (nSPS) is 17.0. The fourth-order valence-corrected chi connectivity index (χ4v) is 6.40. The molecule has 0 spiro atoms. The lowest BCUT2D eigenvalue weighted by Crippen LogP contribution is -2.42. The quantitative estimate of drug-likeness (QED) is 0.758. The first-order valence-corrected chi connectivity index (χ1v) is 11.7. The molecule has 2 aromatic rings. The second kappa shape index (κ2) is 7.61. The van der Waals surface area contributed by atoms with Gasteiger partial charge in [0.15, 0.2) is 9.84 Å². The lowest BCUT2D eigenvalue weighted by atomic mass is 10.2. The maximum absolute atomic E-state index is 12.8. The van der Waals surface area contributed by atoms with Gasteiger partial charge in [0.2, 0.25) is 10.0 Å². The fraction of sp³-hybridized carbons (Fsp3) is 0.368. The first-order valence-electron chi connectivity index (χ1n) is 8.70. The number of benzene rings is 2. The van der Waals surface area contributed by atoms with Crippen LogP contribution in [-0.2, 0) is 19.9 Å². The van der Waals surface area contributed by atoms with Gasteiger partial charge in [0.1, 0.15) is 5.75 Å². The van der Waals surface area contributed by atoms with Crippen molar-refractivity contribution in [2.75, 3.05) is 20.2 Å². The highest BCUT2D eigenvalue weighted by Gasteiger charge is 2.35. The Bertz CT molecular complexity index is 989. The van der Waals surface area contributed by atoms with Crippen LogP contribution in [0.2, 0.25) is 0 Å². The number of rotatable bonds is 5. The SMILES string of the molecule is COc1ccc(S(=O)(=O)C2CCN(S(=O)(=O)c3ccc(C)cc3)CC2)cc1. The van der Waals surface area contributed by atoms with Crippen LogP contribution in [0.3, 0.4) is 0 Å². The lowest BCUT2D eigenvalue weighted by molar-refractivity contribution is 0.345. The molecule has 0 aliphatic carbocycles. The highest BCUT2D eigenvalue weighted by Crippen LogP contribution is 2.28. The van der Waals surface area contributed by atoms with Crippen LogP contribution in [0.25, 0.3) is 0 Å². The van der Waals surface area contributed by atoms with Crippen LogP contribution in [0, 0.1) is 6.92 Å². The van der Waals surface area contributed by atoms with Crippen molar-refractivity contribution in [1.29, 1.82) is 0 Å². The minimum absolute atomic E-state index is 0.191. The number of hydrogen-bond acceptors (Lipinski definition) is 5. The van der Waals surface area contributed by atoms with E-state index in [1.54, 1.807) is 36.4 Å². The van der Waals surface area contributed by atoms with Gasteiger partial charge >= 0.3 is 0 Å². The van der Waals surface area contributed by atoms with Gasteiger partial charge in [-0.3, -0.25) is 0 Å². The van der Waals surface area contributed by atoms with E-state index in [-0.39, 0.29) is 35.7 Å². The molecular formula is C19H23NO5S2.